The number of imidazole rings is 2. The van der Waals surface area contributed by atoms with Crippen molar-refractivity contribution in [3.8, 4) is 11.8 Å². The second-order valence-electron chi connectivity index (χ2n) is 9.83. The Morgan fingerprint density at radius 2 is 1.33 bits per heavy atom. The van der Waals surface area contributed by atoms with Crippen LogP contribution in [0.3, 0.4) is 0 Å². The average molecular weight is 447 g/mol. The SMILES string of the molecule is CC(C)(C)OC(=O)n1c(=O)[nH]c2c(C#Cc3cccc4c3[nH]c(=O)n4C(C)(C)C)cccc21. The molecule has 33 heavy (non-hydrogen) atoms. The largest absolute Gasteiger partial charge is 0.443 e. The predicted molar refractivity (Wildman–Crippen MR) is 128 cm³/mol. The average Bonchev–Trinajstić information content (AvgIpc) is 3.20. The van der Waals surface area contributed by atoms with E-state index in [1.807, 2.05) is 39.0 Å². The van der Waals surface area contributed by atoms with Gasteiger partial charge in [-0.15, -0.1) is 0 Å². The number of nitrogens with one attached hydrogen (secondary N) is 2. The monoisotopic (exact) mass is 446 g/mol. The molecule has 2 heterocycles. The molecule has 0 unspecified atom stereocenters. The number of rotatable bonds is 0. The first-order valence-electron chi connectivity index (χ1n) is 10.6. The molecule has 2 aromatic carbocycles. The molecule has 4 aromatic rings. The fourth-order valence-electron chi connectivity index (χ4n) is 3.76. The molecule has 170 valence electrons. The van der Waals surface area contributed by atoms with Gasteiger partial charge in [0.25, 0.3) is 0 Å². The van der Waals surface area contributed by atoms with E-state index in [1.54, 1.807) is 43.5 Å². The van der Waals surface area contributed by atoms with Crippen LogP contribution in [-0.4, -0.2) is 30.8 Å². The van der Waals surface area contributed by atoms with E-state index in [0.717, 1.165) is 10.1 Å². The van der Waals surface area contributed by atoms with Crippen LogP contribution in [0.5, 0.6) is 0 Å². The van der Waals surface area contributed by atoms with Crippen molar-refractivity contribution in [2.45, 2.75) is 52.7 Å². The van der Waals surface area contributed by atoms with Gasteiger partial charge in [0.2, 0.25) is 0 Å². The second-order valence-corrected chi connectivity index (χ2v) is 9.83. The normalized spacial score (nSPS) is 12.1. The number of hydrogen-bond donors (Lipinski definition) is 2. The van der Waals surface area contributed by atoms with Gasteiger partial charge in [-0.25, -0.2) is 14.4 Å². The van der Waals surface area contributed by atoms with Crippen LogP contribution in [0.25, 0.3) is 22.1 Å². The number of carbonyl (C=O) groups is 1. The van der Waals surface area contributed by atoms with Crippen molar-refractivity contribution in [1.29, 1.82) is 0 Å². The first-order chi connectivity index (χ1) is 15.4. The van der Waals surface area contributed by atoms with Crippen LogP contribution in [0.15, 0.2) is 46.0 Å². The molecule has 0 fully saturated rings. The number of aromatic amines is 2. The summed E-state index contributed by atoms with van der Waals surface area (Å²) >= 11 is 0. The van der Waals surface area contributed by atoms with Crippen LogP contribution in [0.2, 0.25) is 0 Å². The van der Waals surface area contributed by atoms with Crippen LogP contribution in [0.4, 0.5) is 4.79 Å². The summed E-state index contributed by atoms with van der Waals surface area (Å²) in [6.45, 7) is 11.1. The summed E-state index contributed by atoms with van der Waals surface area (Å²) in [6, 6.07) is 10.7. The Morgan fingerprint density at radius 3 is 1.88 bits per heavy atom. The third kappa shape index (κ3) is 4.10. The topological polar surface area (TPSA) is 102 Å². The summed E-state index contributed by atoms with van der Waals surface area (Å²) in [7, 11) is 0. The molecule has 2 N–H and O–H groups in total. The van der Waals surface area contributed by atoms with Crippen molar-refractivity contribution in [1.82, 2.24) is 19.1 Å². The predicted octanol–water partition coefficient (Wildman–Crippen LogP) is 3.91. The van der Waals surface area contributed by atoms with E-state index in [2.05, 4.69) is 21.8 Å². The van der Waals surface area contributed by atoms with Crippen molar-refractivity contribution in [3.63, 3.8) is 0 Å². The number of nitrogens with zero attached hydrogens (tertiary/aromatic N) is 2. The van der Waals surface area contributed by atoms with Crippen molar-refractivity contribution >= 4 is 28.2 Å². The highest BCUT2D eigenvalue weighted by atomic mass is 16.6. The molecule has 0 saturated heterocycles. The highest BCUT2D eigenvalue weighted by molar-refractivity contribution is 5.90. The lowest BCUT2D eigenvalue weighted by atomic mass is 10.1. The third-order valence-electron chi connectivity index (χ3n) is 5.02. The van der Waals surface area contributed by atoms with Gasteiger partial charge in [-0.2, -0.15) is 4.57 Å². The minimum Gasteiger partial charge on any atom is -0.443 e. The first kappa shape index (κ1) is 22.2. The molecule has 0 saturated carbocycles. The van der Waals surface area contributed by atoms with Crippen LogP contribution < -0.4 is 11.4 Å². The number of aromatic nitrogens is 4. The molecule has 0 aliphatic rings. The summed E-state index contributed by atoms with van der Waals surface area (Å²) in [5, 5.41) is 0. The van der Waals surface area contributed by atoms with Crippen LogP contribution in [-0.2, 0) is 10.3 Å². The molecule has 0 atom stereocenters. The van der Waals surface area contributed by atoms with Gasteiger partial charge < -0.3 is 14.7 Å². The van der Waals surface area contributed by atoms with E-state index in [0.29, 0.717) is 27.7 Å². The molecule has 8 heteroatoms. The van der Waals surface area contributed by atoms with E-state index in [4.69, 9.17) is 4.74 Å². The van der Waals surface area contributed by atoms with Gasteiger partial charge >= 0.3 is 17.5 Å². The van der Waals surface area contributed by atoms with E-state index in [1.165, 1.54) is 0 Å². The summed E-state index contributed by atoms with van der Waals surface area (Å²) in [4.78, 5) is 43.3. The fraction of sp³-hybridized carbons (Fsp3) is 0.320. The van der Waals surface area contributed by atoms with Crippen molar-refractivity contribution in [2.75, 3.05) is 0 Å². The van der Waals surface area contributed by atoms with E-state index in [-0.39, 0.29) is 5.69 Å². The zero-order valence-electron chi connectivity index (χ0n) is 19.5. The first-order valence-corrected chi connectivity index (χ1v) is 10.6. The third-order valence-corrected chi connectivity index (χ3v) is 5.02. The number of ether oxygens (including phenoxy) is 1. The van der Waals surface area contributed by atoms with Crippen molar-refractivity contribution < 1.29 is 9.53 Å². The quantitative estimate of drug-likeness (QED) is 0.400. The number of fused-ring (bicyclic) bond motifs is 2. The number of H-pyrrole nitrogens is 2. The van der Waals surface area contributed by atoms with Crippen molar-refractivity contribution in [2.24, 2.45) is 0 Å². The maximum absolute atomic E-state index is 12.6. The molecule has 0 amide bonds. The zero-order chi connectivity index (χ0) is 24.1. The van der Waals surface area contributed by atoms with E-state index >= 15 is 0 Å². The van der Waals surface area contributed by atoms with Gasteiger partial charge in [0.1, 0.15) is 5.60 Å². The molecule has 8 nitrogen and oxygen atoms in total. The Balaban J connectivity index is 1.83. The number of para-hydroxylation sites is 2. The fourth-order valence-corrected chi connectivity index (χ4v) is 3.76. The molecule has 0 aliphatic heterocycles. The summed E-state index contributed by atoms with van der Waals surface area (Å²) in [6.07, 6.45) is -0.755. The summed E-state index contributed by atoms with van der Waals surface area (Å²) in [5.41, 5.74) is 1.50. The molecule has 2 aromatic heterocycles. The van der Waals surface area contributed by atoms with Crippen LogP contribution in [0, 0.1) is 11.8 Å². The Morgan fingerprint density at radius 1 is 0.818 bits per heavy atom. The van der Waals surface area contributed by atoms with Crippen LogP contribution in [0.1, 0.15) is 52.7 Å². The highest BCUT2D eigenvalue weighted by Gasteiger charge is 2.23. The van der Waals surface area contributed by atoms with Gasteiger partial charge in [0.05, 0.1) is 33.2 Å². The molecule has 0 spiro atoms. The molecular weight excluding hydrogens is 420 g/mol. The molecule has 4 rings (SSSR count). The van der Waals surface area contributed by atoms with Gasteiger partial charge in [0, 0.05) is 5.54 Å². The standard InChI is InChI=1S/C25H26N4O4/c1-24(2,3)29-18-12-8-10-16(20(18)27-22(29)31)14-13-15-9-7-11-17-19(15)26-21(30)28(17)23(32)33-25(4,5)6/h7-12H,1-6H3,(H,26,30)(H,27,31). The van der Waals surface area contributed by atoms with Crippen LogP contribution >= 0.6 is 0 Å². The lowest BCUT2D eigenvalue weighted by Gasteiger charge is -2.20. The maximum Gasteiger partial charge on any atom is 0.423 e. The van der Waals surface area contributed by atoms with E-state index < -0.39 is 22.9 Å². The van der Waals surface area contributed by atoms with E-state index in [9.17, 15) is 14.4 Å². The minimum atomic E-state index is -0.755. The Labute approximate surface area is 190 Å². The Hall–Kier alpha value is -3.99. The second kappa shape index (κ2) is 7.55. The molecule has 0 bridgehead atoms. The number of hydrogen-bond acceptors (Lipinski definition) is 4. The molecular formula is C25H26N4O4. The molecule has 0 aliphatic carbocycles. The van der Waals surface area contributed by atoms with Gasteiger partial charge in [0.15, 0.2) is 0 Å². The minimum absolute atomic E-state index is 0.201. The van der Waals surface area contributed by atoms with Gasteiger partial charge in [-0.3, -0.25) is 4.57 Å². The zero-order valence-corrected chi connectivity index (χ0v) is 19.5. The molecule has 0 radical (unpaired) electrons. The number of carbonyl (C=O) groups excluding carboxylic acids is 1. The smallest absolute Gasteiger partial charge is 0.423 e. The summed E-state index contributed by atoms with van der Waals surface area (Å²) < 4.78 is 8.03. The van der Waals surface area contributed by atoms with Gasteiger partial charge in [-0.05, 0) is 65.8 Å². The number of benzene rings is 2. The maximum atomic E-state index is 12.6. The Kier molecular flexibility index (Phi) is 5.08. The highest BCUT2D eigenvalue weighted by Crippen LogP contribution is 2.22. The lowest BCUT2D eigenvalue weighted by Crippen LogP contribution is -2.32. The Bertz CT molecular complexity index is 1570. The summed E-state index contributed by atoms with van der Waals surface area (Å²) in [5.74, 6) is 6.18. The van der Waals surface area contributed by atoms with Gasteiger partial charge in [-0.1, -0.05) is 24.0 Å². The van der Waals surface area contributed by atoms with Crippen molar-refractivity contribution in [3.05, 3.63) is 68.5 Å². The lowest BCUT2D eigenvalue weighted by molar-refractivity contribution is 0.0538.